The van der Waals surface area contributed by atoms with E-state index >= 15 is 0 Å². The molecule has 1 saturated heterocycles. The molecule has 0 aromatic carbocycles. The Hall–Kier alpha value is 0.1000. The van der Waals surface area contributed by atoms with Crippen LogP contribution in [0, 0.1) is 0 Å². The maximum Gasteiger partial charge on any atom is 0.0486 e. The van der Waals surface area contributed by atoms with Crippen molar-refractivity contribution in [2.45, 2.75) is 24.8 Å². The summed E-state index contributed by atoms with van der Waals surface area (Å²) in [4.78, 5) is 0. The highest BCUT2D eigenvalue weighted by Gasteiger charge is 2.30. The summed E-state index contributed by atoms with van der Waals surface area (Å²) in [5.41, 5.74) is 7.48. The van der Waals surface area contributed by atoms with Gasteiger partial charge in [-0.15, -0.1) is 0 Å². The van der Waals surface area contributed by atoms with Gasteiger partial charge in [-0.25, -0.2) is 0 Å². The van der Waals surface area contributed by atoms with E-state index in [1.165, 1.54) is 5.56 Å². The van der Waals surface area contributed by atoms with Gasteiger partial charge < -0.3 is 10.5 Å². The number of hydrogen-bond donors (Lipinski definition) is 1. The summed E-state index contributed by atoms with van der Waals surface area (Å²) in [7, 11) is 0. The second-order valence-corrected chi connectivity index (χ2v) is 5.35. The van der Waals surface area contributed by atoms with Crippen molar-refractivity contribution in [2.24, 2.45) is 5.73 Å². The maximum atomic E-state index is 6.42. The van der Waals surface area contributed by atoms with Crippen LogP contribution in [-0.4, -0.2) is 13.2 Å². The lowest BCUT2D eigenvalue weighted by atomic mass is 9.86. The molecule has 1 atom stereocenters. The first-order chi connectivity index (χ1) is 6.72. The molecular formula is C10H14BrNOS. The van der Waals surface area contributed by atoms with Crippen LogP contribution in [0.4, 0.5) is 0 Å². The number of hydrogen-bond acceptors (Lipinski definition) is 3. The minimum Gasteiger partial charge on any atom is -0.381 e. The van der Waals surface area contributed by atoms with Crippen molar-refractivity contribution < 1.29 is 4.74 Å². The van der Waals surface area contributed by atoms with Gasteiger partial charge in [0.15, 0.2) is 0 Å². The van der Waals surface area contributed by atoms with Crippen molar-refractivity contribution >= 4 is 27.3 Å². The molecule has 14 heavy (non-hydrogen) atoms. The van der Waals surface area contributed by atoms with Crippen LogP contribution in [0.2, 0.25) is 0 Å². The summed E-state index contributed by atoms with van der Waals surface area (Å²) in [5.74, 6) is 0. The zero-order valence-electron chi connectivity index (χ0n) is 7.96. The lowest BCUT2D eigenvalue weighted by molar-refractivity contribution is 0.139. The van der Waals surface area contributed by atoms with Crippen molar-refractivity contribution in [3.8, 4) is 0 Å². The van der Waals surface area contributed by atoms with Gasteiger partial charge in [-0.3, -0.25) is 0 Å². The molecule has 2 nitrogen and oxygen atoms in total. The van der Waals surface area contributed by atoms with Gasteiger partial charge in [0.05, 0.1) is 0 Å². The van der Waals surface area contributed by atoms with Gasteiger partial charge in [0.25, 0.3) is 0 Å². The van der Waals surface area contributed by atoms with E-state index in [1.807, 2.05) is 0 Å². The molecule has 1 unspecified atom stereocenters. The first kappa shape index (κ1) is 10.6. The predicted octanol–water partition coefficient (Wildman–Crippen LogP) is 2.87. The average Bonchev–Trinajstić information content (AvgIpc) is 2.46. The first-order valence-electron chi connectivity index (χ1n) is 4.81. The van der Waals surface area contributed by atoms with E-state index in [4.69, 9.17) is 10.5 Å². The molecule has 1 aliphatic heterocycles. The molecule has 1 aromatic rings. The molecule has 1 aliphatic rings. The topological polar surface area (TPSA) is 35.2 Å². The lowest BCUT2D eigenvalue weighted by Crippen LogP contribution is -2.36. The van der Waals surface area contributed by atoms with E-state index in [9.17, 15) is 0 Å². The average molecular weight is 276 g/mol. The molecule has 2 N–H and O–H groups in total. The van der Waals surface area contributed by atoms with Gasteiger partial charge in [-0.2, -0.15) is 11.3 Å². The second-order valence-electron chi connectivity index (χ2n) is 3.76. The molecule has 0 saturated carbocycles. The monoisotopic (exact) mass is 275 g/mol. The lowest BCUT2D eigenvalue weighted by Gasteiger charge is -2.27. The summed E-state index contributed by atoms with van der Waals surface area (Å²) < 4.78 is 6.58. The first-order valence-corrected chi connectivity index (χ1v) is 6.55. The Bertz CT molecular complexity index is 305. The fourth-order valence-corrected chi connectivity index (χ4v) is 3.67. The fraction of sp³-hybridized carbons (Fsp3) is 0.600. The van der Waals surface area contributed by atoms with Gasteiger partial charge >= 0.3 is 0 Å². The third-order valence-corrected chi connectivity index (χ3v) is 4.46. The molecule has 0 spiro atoms. The second kappa shape index (κ2) is 4.31. The molecule has 0 amide bonds. The number of halogens is 1. The molecular weight excluding hydrogens is 262 g/mol. The summed E-state index contributed by atoms with van der Waals surface area (Å²) >= 11 is 5.25. The molecule has 0 bridgehead atoms. The third kappa shape index (κ3) is 2.03. The highest BCUT2D eigenvalue weighted by Crippen LogP contribution is 2.36. The van der Waals surface area contributed by atoms with Gasteiger partial charge in [0.1, 0.15) is 0 Å². The van der Waals surface area contributed by atoms with Crippen molar-refractivity contribution in [1.82, 2.24) is 0 Å². The van der Waals surface area contributed by atoms with Gasteiger partial charge in [0, 0.05) is 28.6 Å². The van der Waals surface area contributed by atoms with Gasteiger partial charge in [-0.05, 0) is 46.1 Å². The van der Waals surface area contributed by atoms with Gasteiger partial charge in [0.2, 0.25) is 0 Å². The van der Waals surface area contributed by atoms with Crippen molar-refractivity contribution in [3.63, 3.8) is 0 Å². The smallest absolute Gasteiger partial charge is 0.0486 e. The Morgan fingerprint density at radius 3 is 2.93 bits per heavy atom. The normalized spacial score (nSPS) is 28.7. The molecule has 2 heterocycles. The third-order valence-electron chi connectivity index (χ3n) is 2.76. The minimum absolute atomic E-state index is 0.185. The van der Waals surface area contributed by atoms with Crippen molar-refractivity contribution in [3.05, 3.63) is 20.8 Å². The Labute approximate surface area is 96.6 Å². The molecule has 0 radical (unpaired) electrons. The van der Waals surface area contributed by atoms with Gasteiger partial charge in [-0.1, -0.05) is 0 Å². The van der Waals surface area contributed by atoms with Crippen LogP contribution >= 0.6 is 27.3 Å². The quantitative estimate of drug-likeness (QED) is 0.856. The van der Waals surface area contributed by atoms with E-state index in [2.05, 4.69) is 26.7 Å². The molecule has 4 heteroatoms. The summed E-state index contributed by atoms with van der Waals surface area (Å²) in [6.45, 7) is 1.62. The molecule has 1 fully saturated rings. The molecule has 0 aliphatic carbocycles. The van der Waals surface area contributed by atoms with Crippen molar-refractivity contribution in [1.29, 1.82) is 0 Å². The zero-order chi connectivity index (χ0) is 10.0. The van der Waals surface area contributed by atoms with Crippen LogP contribution in [0.1, 0.15) is 24.8 Å². The van der Waals surface area contributed by atoms with E-state index in [-0.39, 0.29) is 5.54 Å². The van der Waals surface area contributed by atoms with E-state index in [0.717, 1.165) is 36.9 Å². The number of nitrogens with two attached hydrogens (primary N) is 1. The highest BCUT2D eigenvalue weighted by molar-refractivity contribution is 9.10. The minimum atomic E-state index is -0.185. The van der Waals surface area contributed by atoms with Crippen LogP contribution in [0.5, 0.6) is 0 Å². The van der Waals surface area contributed by atoms with Crippen molar-refractivity contribution in [2.75, 3.05) is 13.2 Å². The Morgan fingerprint density at radius 1 is 1.36 bits per heavy atom. The number of ether oxygens (including phenoxy) is 1. The largest absolute Gasteiger partial charge is 0.381 e. The van der Waals surface area contributed by atoms with Crippen LogP contribution in [0.3, 0.4) is 0 Å². The van der Waals surface area contributed by atoms with E-state index in [1.54, 1.807) is 11.3 Å². The zero-order valence-corrected chi connectivity index (χ0v) is 10.4. The van der Waals surface area contributed by atoms with Crippen LogP contribution in [-0.2, 0) is 10.3 Å². The predicted molar refractivity (Wildman–Crippen MR) is 62.6 cm³/mol. The Kier molecular flexibility index (Phi) is 3.27. The number of thiophene rings is 1. The molecule has 2 rings (SSSR count). The molecule has 1 aromatic heterocycles. The highest BCUT2D eigenvalue weighted by atomic mass is 79.9. The summed E-state index contributed by atoms with van der Waals surface area (Å²) in [6.07, 6.45) is 2.99. The van der Waals surface area contributed by atoms with Crippen LogP contribution in [0.15, 0.2) is 15.2 Å². The Morgan fingerprint density at radius 2 is 2.21 bits per heavy atom. The Balaban J connectivity index is 2.25. The van der Waals surface area contributed by atoms with Crippen LogP contribution in [0.25, 0.3) is 0 Å². The van der Waals surface area contributed by atoms with E-state index in [0.29, 0.717) is 0 Å². The summed E-state index contributed by atoms with van der Waals surface area (Å²) in [5, 5.41) is 4.24. The fourth-order valence-electron chi connectivity index (χ4n) is 1.88. The van der Waals surface area contributed by atoms with Crippen LogP contribution < -0.4 is 5.73 Å². The molecule has 78 valence electrons. The SMILES string of the molecule is NC1(c2cscc2Br)CCCOCC1. The standard InChI is InChI=1S/C10H14BrNOS/c11-9-7-14-6-8(9)10(12)2-1-4-13-5-3-10/h6-7H,1-5,12H2. The number of rotatable bonds is 1. The summed E-state index contributed by atoms with van der Waals surface area (Å²) in [6, 6.07) is 0. The van der Waals surface area contributed by atoms with E-state index < -0.39 is 0 Å². The maximum absolute atomic E-state index is 6.42.